The van der Waals surface area contributed by atoms with E-state index in [-0.39, 0.29) is 6.61 Å². The van der Waals surface area contributed by atoms with Crippen LogP contribution in [0.15, 0.2) is 0 Å². The van der Waals surface area contributed by atoms with Gasteiger partial charge in [0.1, 0.15) is 6.61 Å². The van der Waals surface area contributed by atoms with Gasteiger partial charge in [0.15, 0.2) is 0 Å². The van der Waals surface area contributed by atoms with E-state index < -0.39 is 7.77 Å². The van der Waals surface area contributed by atoms with Crippen molar-refractivity contribution >= 4 is 35.7 Å². The summed E-state index contributed by atoms with van der Waals surface area (Å²) in [5, 5.41) is 0. The van der Waals surface area contributed by atoms with Crippen LogP contribution in [-0.2, 0) is 4.74 Å². The van der Waals surface area contributed by atoms with Crippen molar-refractivity contribution in [3.05, 3.63) is 0 Å². The molecule has 0 fully saturated rings. The van der Waals surface area contributed by atoms with Crippen molar-refractivity contribution < 1.29 is 9.63 Å². The number of ether oxygens (including phenoxy) is 1. The maximum Gasteiger partial charge on any atom is 0.207 e. The highest BCUT2D eigenvalue weighted by Crippen LogP contribution is 2.09. The Morgan fingerprint density at radius 1 is 1.70 bits per heavy atom. The van der Waals surface area contributed by atoms with Gasteiger partial charge in [-0.05, 0) is 11.6 Å². The van der Waals surface area contributed by atoms with Crippen LogP contribution < -0.4 is 4.89 Å². The number of rotatable bonds is 4. The lowest BCUT2D eigenvalue weighted by Crippen LogP contribution is -2.06. The highest BCUT2D eigenvalue weighted by atomic mass is 35.5. The molecule has 0 aliphatic rings. The molecule has 10 heavy (non-hydrogen) atoms. The van der Waals surface area contributed by atoms with Crippen LogP contribution in [0.4, 0.5) is 0 Å². The van der Waals surface area contributed by atoms with Gasteiger partial charge in [0.25, 0.3) is 0 Å². The Kier molecular flexibility index (Phi) is 6.81. The molecular weight excluding hydrogens is 194 g/mol. The van der Waals surface area contributed by atoms with Gasteiger partial charge in [-0.3, -0.25) is 0 Å². The van der Waals surface area contributed by atoms with E-state index >= 15 is 0 Å². The summed E-state index contributed by atoms with van der Waals surface area (Å²) in [7, 11) is -1.41. The Bertz CT molecular complexity index is 123. The molecule has 0 amide bonds. The van der Waals surface area contributed by atoms with Crippen molar-refractivity contribution in [3.8, 4) is 0 Å². The van der Waals surface area contributed by atoms with Crippen molar-refractivity contribution in [1.82, 2.24) is 0 Å². The molecule has 5 heteroatoms. The molecule has 0 aromatic carbocycles. The molecule has 0 aromatic rings. The minimum atomic E-state index is -1.41. The second-order valence-electron chi connectivity index (χ2n) is 1.62. The van der Waals surface area contributed by atoms with E-state index in [1.807, 2.05) is 0 Å². The van der Waals surface area contributed by atoms with E-state index in [1.54, 1.807) is 6.66 Å². The quantitative estimate of drug-likeness (QED) is 0.387. The zero-order valence-corrected chi connectivity index (χ0v) is 8.05. The molecule has 0 spiro atoms. The van der Waals surface area contributed by atoms with E-state index in [4.69, 9.17) is 27.9 Å². The van der Waals surface area contributed by atoms with Crippen molar-refractivity contribution in [2.24, 2.45) is 0 Å². The third-order valence-electron chi connectivity index (χ3n) is 0.784. The Morgan fingerprint density at radius 2 is 2.30 bits per heavy atom. The molecule has 0 bridgehead atoms. The van der Waals surface area contributed by atoms with E-state index in [0.717, 1.165) is 0 Å². The smallest absolute Gasteiger partial charge is 0.207 e. The van der Waals surface area contributed by atoms with Crippen LogP contribution in [0, 0.1) is 0 Å². The van der Waals surface area contributed by atoms with Crippen LogP contribution in [0.5, 0.6) is 0 Å². The summed E-state index contributed by atoms with van der Waals surface area (Å²) in [5.41, 5.74) is 0. The van der Waals surface area contributed by atoms with Crippen molar-refractivity contribution in [2.75, 3.05) is 25.8 Å². The summed E-state index contributed by atoms with van der Waals surface area (Å²) in [6, 6.07) is 0. The van der Waals surface area contributed by atoms with Crippen LogP contribution in [0.25, 0.3) is 0 Å². The van der Waals surface area contributed by atoms with Crippen LogP contribution in [0.1, 0.15) is 0 Å². The Morgan fingerprint density at radius 3 is 2.70 bits per heavy atom. The Labute approximate surface area is 71.6 Å². The summed E-state index contributed by atoms with van der Waals surface area (Å²) >= 11 is 10.8. The van der Waals surface area contributed by atoms with Crippen LogP contribution in [0.2, 0.25) is 0 Å². The number of alkyl halides is 1. The average molecular weight is 203 g/mol. The predicted molar refractivity (Wildman–Crippen MR) is 45.2 cm³/mol. The first-order chi connectivity index (χ1) is 4.68. The standard InChI is InChI=1S/C5H9Cl2O2P/c1-10(8)5(7)4-9-3-2-6/h2-4H2,1H3. The molecule has 0 saturated heterocycles. The first kappa shape index (κ1) is 10.7. The third-order valence-corrected chi connectivity index (χ3v) is 2.57. The topological polar surface area (TPSA) is 32.3 Å². The summed E-state index contributed by atoms with van der Waals surface area (Å²) in [5.74, 6) is 0.435. The Hall–Kier alpha value is 0.670. The summed E-state index contributed by atoms with van der Waals surface area (Å²) in [4.78, 5) is 10.6. The molecule has 0 aliphatic carbocycles. The van der Waals surface area contributed by atoms with Gasteiger partial charge in [-0.25, -0.2) is 0 Å². The maximum absolute atomic E-state index is 10.6. The Balaban J connectivity index is 3.40. The van der Waals surface area contributed by atoms with Gasteiger partial charge in [-0.15, -0.1) is 11.6 Å². The number of halogens is 2. The number of hydrogen-bond acceptors (Lipinski definition) is 2. The lowest BCUT2D eigenvalue weighted by atomic mass is 10.8. The van der Waals surface area contributed by atoms with Crippen LogP contribution >= 0.6 is 31.0 Å². The van der Waals surface area contributed by atoms with Gasteiger partial charge in [0.05, 0.1) is 21.0 Å². The highest BCUT2D eigenvalue weighted by molar-refractivity contribution is 7.55. The maximum atomic E-state index is 10.6. The van der Waals surface area contributed by atoms with Crippen molar-refractivity contribution in [1.29, 1.82) is 0 Å². The third kappa shape index (κ3) is 5.45. The van der Waals surface area contributed by atoms with Crippen LogP contribution in [-0.4, -0.2) is 30.5 Å². The average Bonchev–Trinajstić information content (AvgIpc) is 1.88. The van der Waals surface area contributed by atoms with Gasteiger partial charge in [0.2, 0.25) is 4.75 Å². The van der Waals surface area contributed by atoms with Gasteiger partial charge in [-0.1, -0.05) is 0 Å². The molecule has 1 atom stereocenters. The molecule has 1 unspecified atom stereocenters. The largest absolute Gasteiger partial charge is 0.630 e. The zero-order chi connectivity index (χ0) is 7.98. The monoisotopic (exact) mass is 202 g/mol. The predicted octanol–water partition coefficient (Wildman–Crippen LogP) is 0.997. The lowest BCUT2D eigenvalue weighted by Gasteiger charge is -1.97. The molecule has 0 aromatic heterocycles. The van der Waals surface area contributed by atoms with E-state index in [9.17, 15) is 4.89 Å². The van der Waals surface area contributed by atoms with Gasteiger partial charge in [0, 0.05) is 5.88 Å². The first-order valence-electron chi connectivity index (χ1n) is 2.74. The van der Waals surface area contributed by atoms with Crippen molar-refractivity contribution in [3.63, 3.8) is 0 Å². The summed E-state index contributed by atoms with van der Waals surface area (Å²) < 4.78 is 5.28. The molecule has 60 valence electrons. The molecule has 0 aliphatic heterocycles. The zero-order valence-electron chi connectivity index (χ0n) is 5.64. The molecule has 0 N–H and O–H groups in total. The highest BCUT2D eigenvalue weighted by Gasteiger charge is 2.00. The molecule has 0 radical (unpaired) electrons. The van der Waals surface area contributed by atoms with E-state index in [1.165, 1.54) is 0 Å². The van der Waals surface area contributed by atoms with Gasteiger partial charge < -0.3 is 9.63 Å². The molecule has 0 saturated carbocycles. The fraction of sp³-hybridized carbons (Fsp3) is 0.800. The van der Waals surface area contributed by atoms with E-state index in [2.05, 4.69) is 0 Å². The second-order valence-corrected chi connectivity index (χ2v) is 4.25. The van der Waals surface area contributed by atoms with Crippen molar-refractivity contribution in [2.45, 2.75) is 0 Å². The minimum absolute atomic E-state index is 0.236. The fourth-order valence-electron chi connectivity index (χ4n) is 0.302. The normalized spacial score (nSPS) is 13.2. The van der Waals surface area contributed by atoms with Crippen LogP contribution in [0.3, 0.4) is 0 Å². The number of hydrogen-bond donors (Lipinski definition) is 0. The summed E-state index contributed by atoms with van der Waals surface area (Å²) in [6.45, 7) is 2.22. The fourth-order valence-corrected chi connectivity index (χ4v) is 0.761. The minimum Gasteiger partial charge on any atom is -0.630 e. The molecular formula is C5H9Cl2O2P. The lowest BCUT2D eigenvalue weighted by molar-refractivity contribution is -0.151. The molecule has 0 rings (SSSR count). The molecule has 2 nitrogen and oxygen atoms in total. The van der Waals surface area contributed by atoms with Gasteiger partial charge >= 0.3 is 0 Å². The van der Waals surface area contributed by atoms with Gasteiger partial charge in [-0.2, -0.15) is 0 Å². The van der Waals surface area contributed by atoms with E-state index in [0.29, 0.717) is 17.2 Å². The molecule has 0 heterocycles. The second kappa shape index (κ2) is 6.38. The first-order valence-corrected chi connectivity index (χ1v) is 5.36. The summed E-state index contributed by atoms with van der Waals surface area (Å²) in [6.07, 6.45) is 0. The SMILES string of the molecule is C[P+]([O-])=C(Cl)COCCCl.